The lowest BCUT2D eigenvalue weighted by Gasteiger charge is -2.34. The normalized spacial score (nSPS) is 25.2. The van der Waals surface area contributed by atoms with E-state index in [1.807, 2.05) is 12.1 Å². The topological polar surface area (TPSA) is 38.5 Å². The molecule has 1 aromatic rings. The minimum Gasteiger partial charge on any atom is -0.489 e. The van der Waals surface area contributed by atoms with E-state index in [1.54, 1.807) is 0 Å². The molecule has 1 aliphatic carbocycles. The average Bonchev–Trinajstić information content (AvgIpc) is 2.90. The minimum atomic E-state index is 0. The molecule has 3 nitrogen and oxygen atoms in total. The number of hydrogen-bond donors (Lipinski definition) is 1. The molecule has 1 aliphatic heterocycles. The van der Waals surface area contributed by atoms with Crippen molar-refractivity contribution < 1.29 is 4.74 Å². The molecule has 0 amide bonds. The largest absolute Gasteiger partial charge is 0.489 e. The van der Waals surface area contributed by atoms with Crippen LogP contribution in [0.1, 0.15) is 31.2 Å². The smallest absolute Gasteiger partial charge is 0.138 e. The van der Waals surface area contributed by atoms with Gasteiger partial charge in [0, 0.05) is 6.54 Å². The second-order valence-electron chi connectivity index (χ2n) is 6.03. The van der Waals surface area contributed by atoms with Crippen LogP contribution in [0.15, 0.2) is 18.2 Å². The van der Waals surface area contributed by atoms with Gasteiger partial charge in [0.25, 0.3) is 0 Å². The van der Waals surface area contributed by atoms with Crippen LogP contribution in [0.25, 0.3) is 0 Å². The number of hydrogen-bond acceptors (Lipinski definition) is 3. The third-order valence-corrected chi connectivity index (χ3v) is 4.88. The second-order valence-corrected chi connectivity index (χ2v) is 6.40. The molecule has 2 aliphatic rings. The summed E-state index contributed by atoms with van der Waals surface area (Å²) in [5.74, 6) is 1.47. The van der Waals surface area contributed by atoms with E-state index in [0.29, 0.717) is 12.0 Å². The van der Waals surface area contributed by atoms with Gasteiger partial charge in [-0.2, -0.15) is 0 Å². The van der Waals surface area contributed by atoms with E-state index < -0.39 is 0 Å². The lowest BCUT2D eigenvalue weighted by atomic mass is 9.82. The molecule has 1 saturated carbocycles. The highest BCUT2D eigenvalue weighted by molar-refractivity contribution is 6.32. The molecule has 0 aromatic heterocycles. The fourth-order valence-corrected chi connectivity index (χ4v) is 3.32. The summed E-state index contributed by atoms with van der Waals surface area (Å²) >= 11 is 6.51. The molecule has 0 atom stereocenters. The van der Waals surface area contributed by atoms with Crippen molar-refractivity contribution in [3.05, 3.63) is 28.8 Å². The average molecular weight is 331 g/mol. The maximum absolute atomic E-state index is 6.51. The zero-order valence-electron chi connectivity index (χ0n) is 12.3. The van der Waals surface area contributed by atoms with Crippen LogP contribution in [0.2, 0.25) is 5.02 Å². The Morgan fingerprint density at radius 3 is 2.62 bits per heavy atom. The van der Waals surface area contributed by atoms with Gasteiger partial charge < -0.3 is 10.5 Å². The summed E-state index contributed by atoms with van der Waals surface area (Å²) in [6, 6.07) is 6.13. The van der Waals surface area contributed by atoms with Crippen LogP contribution in [0.4, 0.5) is 0 Å². The van der Waals surface area contributed by atoms with E-state index in [4.69, 9.17) is 22.1 Å². The Labute approximate surface area is 138 Å². The van der Waals surface area contributed by atoms with Gasteiger partial charge in [-0.25, -0.2) is 0 Å². The number of benzene rings is 1. The van der Waals surface area contributed by atoms with Gasteiger partial charge in [-0.05, 0) is 62.9 Å². The molecule has 5 heteroatoms. The molecule has 2 N–H and O–H groups in total. The molecule has 1 aromatic carbocycles. The Bertz CT molecular complexity index is 458. The Morgan fingerprint density at radius 1 is 1.24 bits per heavy atom. The molecule has 3 rings (SSSR count). The highest BCUT2D eigenvalue weighted by atomic mass is 35.5. The summed E-state index contributed by atoms with van der Waals surface area (Å²) in [6.07, 6.45) is 5.02. The Kier molecular flexibility index (Phi) is 6.18. The summed E-state index contributed by atoms with van der Waals surface area (Å²) in [7, 11) is 0. The number of likely N-dealkylation sites (tertiary alicyclic amines) is 1. The molecule has 0 unspecified atom stereocenters. The fourth-order valence-electron chi connectivity index (χ4n) is 3.09. The quantitative estimate of drug-likeness (QED) is 0.898. The Hall–Kier alpha value is -0.480. The third-order valence-electron chi connectivity index (χ3n) is 4.46. The van der Waals surface area contributed by atoms with Gasteiger partial charge in [-0.3, -0.25) is 4.90 Å². The number of nitrogens with zero attached hydrogens (tertiary/aromatic N) is 1. The predicted molar refractivity (Wildman–Crippen MR) is 89.4 cm³/mol. The molecule has 0 radical (unpaired) electrons. The molecule has 21 heavy (non-hydrogen) atoms. The maximum Gasteiger partial charge on any atom is 0.138 e. The van der Waals surface area contributed by atoms with Gasteiger partial charge >= 0.3 is 0 Å². The van der Waals surface area contributed by atoms with Crippen LogP contribution in [-0.4, -0.2) is 30.6 Å². The maximum atomic E-state index is 6.51. The summed E-state index contributed by atoms with van der Waals surface area (Å²) in [5, 5.41) is 0.788. The van der Waals surface area contributed by atoms with Crippen molar-refractivity contribution in [2.75, 3.05) is 19.6 Å². The zero-order valence-corrected chi connectivity index (χ0v) is 13.8. The van der Waals surface area contributed by atoms with Crippen LogP contribution in [0, 0.1) is 5.92 Å². The van der Waals surface area contributed by atoms with E-state index in [-0.39, 0.29) is 12.4 Å². The molecular formula is C16H24Cl2N2O. The summed E-state index contributed by atoms with van der Waals surface area (Å²) < 4.78 is 6.01. The third kappa shape index (κ3) is 4.04. The van der Waals surface area contributed by atoms with Gasteiger partial charge in [0.1, 0.15) is 5.75 Å². The van der Waals surface area contributed by atoms with Gasteiger partial charge in [-0.1, -0.05) is 23.7 Å². The number of rotatable bonds is 5. The van der Waals surface area contributed by atoms with Gasteiger partial charge in [0.15, 0.2) is 0 Å². The standard InChI is InChI=1S/C16H23ClN2O.ClH/c17-16-13(11-19-6-1-2-7-19)4-3-5-15(16)20-14-8-12(9-14)10-18;/h3-5,12,14H,1-2,6-11,18H2;1H/t12-,14-;. The van der Waals surface area contributed by atoms with Gasteiger partial charge in [0.2, 0.25) is 0 Å². The number of halogens is 2. The predicted octanol–water partition coefficient (Wildman–Crippen LogP) is 3.47. The monoisotopic (exact) mass is 330 g/mol. The molecular weight excluding hydrogens is 307 g/mol. The Balaban J connectivity index is 0.00000161. The highest BCUT2D eigenvalue weighted by Gasteiger charge is 2.30. The molecule has 0 spiro atoms. The van der Waals surface area contributed by atoms with E-state index in [2.05, 4.69) is 11.0 Å². The minimum absolute atomic E-state index is 0. The van der Waals surface area contributed by atoms with Gasteiger partial charge in [-0.15, -0.1) is 12.4 Å². The first-order valence-electron chi connectivity index (χ1n) is 7.62. The van der Waals surface area contributed by atoms with Crippen molar-refractivity contribution in [1.82, 2.24) is 4.90 Å². The van der Waals surface area contributed by atoms with Crippen molar-refractivity contribution in [2.24, 2.45) is 11.7 Å². The summed E-state index contributed by atoms with van der Waals surface area (Å²) in [5.41, 5.74) is 6.83. The van der Waals surface area contributed by atoms with Crippen LogP contribution in [0.3, 0.4) is 0 Å². The van der Waals surface area contributed by atoms with E-state index >= 15 is 0 Å². The van der Waals surface area contributed by atoms with Crippen LogP contribution in [-0.2, 0) is 6.54 Å². The fraction of sp³-hybridized carbons (Fsp3) is 0.625. The second kappa shape index (κ2) is 7.68. The molecule has 1 saturated heterocycles. The molecule has 2 fully saturated rings. The molecule has 0 bridgehead atoms. The Morgan fingerprint density at radius 2 is 1.95 bits per heavy atom. The lowest BCUT2D eigenvalue weighted by molar-refractivity contribution is 0.0690. The first kappa shape index (κ1) is 16.9. The van der Waals surface area contributed by atoms with Crippen LogP contribution in [0.5, 0.6) is 5.75 Å². The van der Waals surface area contributed by atoms with Crippen molar-refractivity contribution in [2.45, 2.75) is 38.3 Å². The van der Waals surface area contributed by atoms with Gasteiger partial charge in [0.05, 0.1) is 11.1 Å². The van der Waals surface area contributed by atoms with Crippen molar-refractivity contribution in [1.29, 1.82) is 0 Å². The summed E-state index contributed by atoms with van der Waals surface area (Å²) in [4.78, 5) is 2.46. The SMILES string of the molecule is Cl.NC[C@H]1C[C@H](Oc2cccc(CN3CCCC3)c2Cl)C1. The molecule has 1 heterocycles. The van der Waals surface area contributed by atoms with E-state index in [0.717, 1.165) is 36.7 Å². The number of nitrogens with two attached hydrogens (primary N) is 1. The van der Waals surface area contributed by atoms with Crippen LogP contribution >= 0.6 is 24.0 Å². The van der Waals surface area contributed by atoms with Crippen LogP contribution < -0.4 is 10.5 Å². The first-order chi connectivity index (χ1) is 9.76. The highest BCUT2D eigenvalue weighted by Crippen LogP contribution is 2.35. The van der Waals surface area contributed by atoms with E-state index in [1.165, 1.54) is 31.5 Å². The molecule has 118 valence electrons. The first-order valence-corrected chi connectivity index (χ1v) is 8.00. The van der Waals surface area contributed by atoms with Crippen molar-refractivity contribution in [3.8, 4) is 5.75 Å². The summed E-state index contributed by atoms with van der Waals surface area (Å²) in [6.45, 7) is 4.07. The number of ether oxygens (including phenoxy) is 1. The zero-order chi connectivity index (χ0) is 13.9. The lowest BCUT2D eigenvalue weighted by Crippen LogP contribution is -2.37. The van der Waals surface area contributed by atoms with Crippen molar-refractivity contribution >= 4 is 24.0 Å². The van der Waals surface area contributed by atoms with Crippen molar-refractivity contribution in [3.63, 3.8) is 0 Å². The van der Waals surface area contributed by atoms with E-state index in [9.17, 15) is 0 Å².